The fraction of sp³-hybridized carbons (Fsp3) is 0.556. The summed E-state index contributed by atoms with van der Waals surface area (Å²) in [6, 6.07) is 8.60. The molecule has 1 aliphatic carbocycles. The average molecular weight is 271 g/mol. The number of nitrogens with one attached hydrogen (secondary N) is 1. The molecule has 1 fully saturated rings. The van der Waals surface area contributed by atoms with Crippen LogP contribution in [-0.4, -0.2) is 6.54 Å². The summed E-state index contributed by atoms with van der Waals surface area (Å²) in [5.74, 6) is 2.85. The lowest BCUT2D eigenvalue weighted by Crippen LogP contribution is -2.24. The third kappa shape index (κ3) is 2.62. The Kier molecular flexibility index (Phi) is 3.84. The van der Waals surface area contributed by atoms with Crippen LogP contribution in [0.5, 0.6) is 0 Å². The molecule has 1 saturated carbocycles. The van der Waals surface area contributed by atoms with Crippen LogP contribution in [0.1, 0.15) is 50.5 Å². The Morgan fingerprint density at radius 3 is 2.80 bits per heavy atom. The summed E-state index contributed by atoms with van der Waals surface area (Å²) >= 11 is 0. The first kappa shape index (κ1) is 13.7. The third-order valence-electron chi connectivity index (χ3n) is 4.79. The Hall–Kier alpha value is -1.28. The van der Waals surface area contributed by atoms with Gasteiger partial charge in [0.15, 0.2) is 0 Å². The Morgan fingerprint density at radius 2 is 2.10 bits per heavy atom. The fourth-order valence-electron chi connectivity index (χ4n) is 3.55. The van der Waals surface area contributed by atoms with Crippen molar-refractivity contribution in [1.29, 1.82) is 0 Å². The van der Waals surface area contributed by atoms with Crippen LogP contribution in [0.3, 0.4) is 0 Å². The van der Waals surface area contributed by atoms with Gasteiger partial charge in [-0.05, 0) is 56.7 Å². The number of hydrogen-bond acceptors (Lipinski definition) is 2. The lowest BCUT2D eigenvalue weighted by atomic mass is 10.0. The SMILES string of the molecule is Cc1c(C(C)NCC2CCC(C)C2)oc2ccccc12. The highest BCUT2D eigenvalue weighted by Gasteiger charge is 2.23. The molecule has 1 aromatic carbocycles. The van der Waals surface area contributed by atoms with Crippen LogP contribution < -0.4 is 5.32 Å². The molecule has 2 nitrogen and oxygen atoms in total. The van der Waals surface area contributed by atoms with E-state index in [0.29, 0.717) is 6.04 Å². The number of aryl methyl sites for hydroxylation is 1. The van der Waals surface area contributed by atoms with E-state index in [9.17, 15) is 0 Å². The molecule has 3 rings (SSSR count). The van der Waals surface area contributed by atoms with E-state index in [0.717, 1.165) is 29.7 Å². The molecule has 2 aromatic rings. The number of fused-ring (bicyclic) bond motifs is 1. The van der Waals surface area contributed by atoms with Gasteiger partial charge in [-0.25, -0.2) is 0 Å². The van der Waals surface area contributed by atoms with Gasteiger partial charge in [0.05, 0.1) is 6.04 Å². The Bertz CT molecular complexity index is 586. The molecule has 108 valence electrons. The van der Waals surface area contributed by atoms with Crippen LogP contribution in [0.15, 0.2) is 28.7 Å². The van der Waals surface area contributed by atoms with Gasteiger partial charge in [0.1, 0.15) is 11.3 Å². The van der Waals surface area contributed by atoms with Gasteiger partial charge in [0.25, 0.3) is 0 Å². The lowest BCUT2D eigenvalue weighted by molar-refractivity contribution is 0.399. The van der Waals surface area contributed by atoms with Crippen LogP contribution in [0.2, 0.25) is 0 Å². The number of furan rings is 1. The molecule has 0 amide bonds. The highest BCUT2D eigenvalue weighted by molar-refractivity contribution is 5.82. The Balaban J connectivity index is 1.69. The van der Waals surface area contributed by atoms with Crippen LogP contribution in [0.4, 0.5) is 0 Å². The molecule has 1 N–H and O–H groups in total. The van der Waals surface area contributed by atoms with Crippen LogP contribution >= 0.6 is 0 Å². The Labute approximate surface area is 121 Å². The monoisotopic (exact) mass is 271 g/mol. The zero-order valence-electron chi connectivity index (χ0n) is 12.8. The summed E-state index contributed by atoms with van der Waals surface area (Å²) in [5, 5.41) is 4.91. The summed E-state index contributed by atoms with van der Waals surface area (Å²) in [7, 11) is 0. The summed E-state index contributed by atoms with van der Waals surface area (Å²) in [6.45, 7) is 7.86. The molecular formula is C18H25NO. The molecule has 3 unspecified atom stereocenters. The molecule has 1 aromatic heterocycles. The van der Waals surface area contributed by atoms with E-state index < -0.39 is 0 Å². The van der Waals surface area contributed by atoms with Crippen molar-refractivity contribution in [1.82, 2.24) is 5.32 Å². The van der Waals surface area contributed by atoms with E-state index >= 15 is 0 Å². The number of hydrogen-bond donors (Lipinski definition) is 1. The van der Waals surface area contributed by atoms with Gasteiger partial charge in [0.2, 0.25) is 0 Å². The second-order valence-electron chi connectivity index (χ2n) is 6.50. The van der Waals surface area contributed by atoms with Crippen molar-refractivity contribution in [3.63, 3.8) is 0 Å². The molecule has 0 saturated heterocycles. The molecule has 20 heavy (non-hydrogen) atoms. The molecule has 1 heterocycles. The molecule has 0 spiro atoms. The topological polar surface area (TPSA) is 25.2 Å². The van der Waals surface area contributed by atoms with E-state index in [1.165, 1.54) is 30.2 Å². The van der Waals surface area contributed by atoms with Crippen LogP contribution in [0.25, 0.3) is 11.0 Å². The average Bonchev–Trinajstić information content (AvgIpc) is 3.01. The maximum absolute atomic E-state index is 6.03. The summed E-state index contributed by atoms with van der Waals surface area (Å²) < 4.78 is 6.03. The van der Waals surface area contributed by atoms with Gasteiger partial charge in [0, 0.05) is 5.39 Å². The maximum Gasteiger partial charge on any atom is 0.134 e. The van der Waals surface area contributed by atoms with Crippen molar-refractivity contribution in [2.24, 2.45) is 11.8 Å². The molecule has 1 aliphatic rings. The van der Waals surface area contributed by atoms with Crippen molar-refractivity contribution < 1.29 is 4.42 Å². The maximum atomic E-state index is 6.03. The standard InChI is InChI=1S/C18H25NO/c1-12-8-9-15(10-12)11-19-14(3)18-13(2)16-6-4-5-7-17(16)20-18/h4-7,12,14-15,19H,8-11H2,1-3H3. The van der Waals surface area contributed by atoms with Crippen LogP contribution in [0, 0.1) is 18.8 Å². The van der Waals surface area contributed by atoms with E-state index in [1.54, 1.807) is 0 Å². The number of rotatable bonds is 4. The third-order valence-corrected chi connectivity index (χ3v) is 4.79. The van der Waals surface area contributed by atoms with Crippen LogP contribution in [-0.2, 0) is 0 Å². The van der Waals surface area contributed by atoms with Gasteiger partial charge >= 0.3 is 0 Å². The van der Waals surface area contributed by atoms with Crippen molar-refractivity contribution in [2.75, 3.05) is 6.54 Å². The predicted molar refractivity (Wildman–Crippen MR) is 83.9 cm³/mol. The summed E-state index contributed by atoms with van der Waals surface area (Å²) in [4.78, 5) is 0. The highest BCUT2D eigenvalue weighted by atomic mass is 16.3. The van der Waals surface area contributed by atoms with Gasteiger partial charge in [-0.3, -0.25) is 0 Å². The molecular weight excluding hydrogens is 246 g/mol. The molecule has 0 radical (unpaired) electrons. The van der Waals surface area contributed by atoms with Crippen molar-refractivity contribution in [3.05, 3.63) is 35.6 Å². The molecule has 3 atom stereocenters. The smallest absolute Gasteiger partial charge is 0.134 e. The van der Waals surface area contributed by atoms with E-state index in [2.05, 4.69) is 44.3 Å². The molecule has 2 heteroatoms. The summed E-state index contributed by atoms with van der Waals surface area (Å²) in [5.41, 5.74) is 2.28. The first-order valence-electron chi connectivity index (χ1n) is 7.86. The van der Waals surface area contributed by atoms with Gasteiger partial charge < -0.3 is 9.73 Å². The zero-order valence-corrected chi connectivity index (χ0v) is 12.8. The number of benzene rings is 1. The van der Waals surface area contributed by atoms with Crippen molar-refractivity contribution in [3.8, 4) is 0 Å². The van der Waals surface area contributed by atoms with E-state index in [-0.39, 0.29) is 0 Å². The van der Waals surface area contributed by atoms with Gasteiger partial charge in [-0.15, -0.1) is 0 Å². The largest absolute Gasteiger partial charge is 0.459 e. The first-order chi connectivity index (χ1) is 9.65. The van der Waals surface area contributed by atoms with E-state index in [1.807, 2.05) is 6.07 Å². The molecule has 0 bridgehead atoms. The van der Waals surface area contributed by atoms with Gasteiger partial charge in [-0.1, -0.05) is 31.5 Å². The minimum Gasteiger partial charge on any atom is -0.459 e. The second-order valence-corrected chi connectivity index (χ2v) is 6.50. The normalized spacial score (nSPS) is 24.4. The number of para-hydroxylation sites is 1. The van der Waals surface area contributed by atoms with Gasteiger partial charge in [-0.2, -0.15) is 0 Å². The highest BCUT2D eigenvalue weighted by Crippen LogP contribution is 2.32. The lowest BCUT2D eigenvalue weighted by Gasteiger charge is -2.16. The van der Waals surface area contributed by atoms with Crippen molar-refractivity contribution in [2.45, 2.75) is 46.1 Å². The summed E-state index contributed by atoms with van der Waals surface area (Å²) in [6.07, 6.45) is 4.14. The quantitative estimate of drug-likeness (QED) is 0.861. The minimum absolute atomic E-state index is 0.290. The fourth-order valence-corrected chi connectivity index (χ4v) is 3.55. The first-order valence-corrected chi connectivity index (χ1v) is 7.86. The second kappa shape index (κ2) is 5.61. The predicted octanol–water partition coefficient (Wildman–Crippen LogP) is 4.83. The minimum atomic E-state index is 0.290. The zero-order chi connectivity index (χ0) is 14.1. The molecule has 0 aliphatic heterocycles. The van der Waals surface area contributed by atoms with Crippen molar-refractivity contribution >= 4 is 11.0 Å². The van der Waals surface area contributed by atoms with E-state index in [4.69, 9.17) is 4.42 Å². The Morgan fingerprint density at radius 1 is 1.30 bits per heavy atom.